The van der Waals surface area contributed by atoms with Gasteiger partial charge in [0.05, 0.1) is 23.2 Å². The van der Waals surface area contributed by atoms with Crippen LogP contribution in [0.4, 0.5) is 0 Å². The Bertz CT molecular complexity index is 895. The number of nitrogens with zero attached hydrogens (tertiary/aromatic N) is 2. The van der Waals surface area contributed by atoms with E-state index in [0.29, 0.717) is 10.6 Å². The molecule has 122 valence electrons. The second-order valence-corrected chi connectivity index (χ2v) is 6.63. The molecule has 0 radical (unpaired) electrons. The molecule has 2 aromatic rings. The quantitative estimate of drug-likeness (QED) is 0.663. The molecule has 1 aliphatic heterocycles. The molecular formula is C16H12N2O4S2. The highest BCUT2D eigenvalue weighted by atomic mass is 32.2. The second kappa shape index (κ2) is 6.58. The van der Waals surface area contributed by atoms with Gasteiger partial charge in [-0.25, -0.2) is 4.98 Å². The van der Waals surface area contributed by atoms with Gasteiger partial charge in [-0.3, -0.25) is 14.5 Å². The third-order valence-electron chi connectivity index (χ3n) is 3.36. The van der Waals surface area contributed by atoms with E-state index in [2.05, 4.69) is 4.98 Å². The fourth-order valence-electron chi connectivity index (χ4n) is 2.23. The van der Waals surface area contributed by atoms with Crippen LogP contribution in [0.3, 0.4) is 0 Å². The molecule has 0 saturated carbocycles. The van der Waals surface area contributed by atoms with Gasteiger partial charge in [-0.15, -0.1) is 0 Å². The van der Waals surface area contributed by atoms with Crippen LogP contribution in [0.2, 0.25) is 0 Å². The van der Waals surface area contributed by atoms with Crippen LogP contribution in [0.15, 0.2) is 35.2 Å². The van der Waals surface area contributed by atoms with E-state index >= 15 is 0 Å². The van der Waals surface area contributed by atoms with Crippen LogP contribution in [0.5, 0.6) is 5.75 Å². The van der Waals surface area contributed by atoms with Crippen LogP contribution in [-0.4, -0.2) is 44.8 Å². The summed E-state index contributed by atoms with van der Waals surface area (Å²) in [5.41, 5.74) is 1.37. The van der Waals surface area contributed by atoms with E-state index in [0.717, 1.165) is 33.3 Å². The number of benzene rings is 1. The standard InChI is InChI=1S/C16H12N2O4S2/c1-22-11-4-5-12-9(6-11)2-3-10(17-12)7-13-15(21)18(8-14(19)20)16(23)24-13/h2-7H,8H2,1H3,(H,19,20). The molecule has 24 heavy (non-hydrogen) atoms. The van der Waals surface area contributed by atoms with Crippen molar-refractivity contribution in [1.29, 1.82) is 0 Å². The van der Waals surface area contributed by atoms with Crippen LogP contribution >= 0.6 is 24.0 Å². The Morgan fingerprint density at radius 2 is 2.21 bits per heavy atom. The lowest BCUT2D eigenvalue weighted by Crippen LogP contribution is -2.33. The van der Waals surface area contributed by atoms with Gasteiger partial charge in [0.1, 0.15) is 16.6 Å². The summed E-state index contributed by atoms with van der Waals surface area (Å²) in [7, 11) is 1.60. The summed E-state index contributed by atoms with van der Waals surface area (Å²) in [5, 5.41) is 9.76. The van der Waals surface area contributed by atoms with Gasteiger partial charge in [-0.05, 0) is 30.3 Å². The number of pyridine rings is 1. The van der Waals surface area contributed by atoms with Gasteiger partial charge in [0.2, 0.25) is 0 Å². The minimum absolute atomic E-state index is 0.235. The molecule has 0 spiro atoms. The third kappa shape index (κ3) is 3.24. The number of aliphatic carboxylic acids is 1. The molecule has 6 nitrogen and oxygen atoms in total. The third-order valence-corrected chi connectivity index (χ3v) is 4.74. The van der Waals surface area contributed by atoms with Gasteiger partial charge in [-0.2, -0.15) is 0 Å². The molecule has 0 atom stereocenters. The normalized spacial score (nSPS) is 16.2. The topological polar surface area (TPSA) is 79.7 Å². The molecule has 1 aromatic carbocycles. The highest BCUT2D eigenvalue weighted by Gasteiger charge is 2.33. The molecule has 1 fully saturated rings. The molecule has 3 rings (SSSR count). The number of rotatable bonds is 4. The maximum Gasteiger partial charge on any atom is 0.323 e. The maximum atomic E-state index is 12.2. The van der Waals surface area contributed by atoms with Crippen LogP contribution in [0, 0.1) is 0 Å². The summed E-state index contributed by atoms with van der Waals surface area (Å²) >= 11 is 6.14. The minimum atomic E-state index is -1.11. The molecule has 1 N–H and O–H groups in total. The molecule has 0 aliphatic carbocycles. The van der Waals surface area contributed by atoms with Gasteiger partial charge in [0.25, 0.3) is 5.91 Å². The van der Waals surface area contributed by atoms with E-state index in [4.69, 9.17) is 22.1 Å². The summed E-state index contributed by atoms with van der Waals surface area (Å²) in [6.07, 6.45) is 1.62. The monoisotopic (exact) mass is 360 g/mol. The van der Waals surface area contributed by atoms with Gasteiger partial charge in [-0.1, -0.05) is 30.0 Å². The molecule has 2 heterocycles. The molecule has 0 bridgehead atoms. The summed E-state index contributed by atoms with van der Waals surface area (Å²) in [6, 6.07) is 9.19. The fraction of sp³-hybridized carbons (Fsp3) is 0.125. The average molecular weight is 360 g/mol. The van der Waals surface area contributed by atoms with Crippen molar-refractivity contribution in [2.75, 3.05) is 13.7 Å². The zero-order chi connectivity index (χ0) is 17.3. The summed E-state index contributed by atoms with van der Waals surface area (Å²) in [6.45, 7) is -0.438. The largest absolute Gasteiger partial charge is 0.497 e. The Labute approximate surface area is 147 Å². The Hall–Kier alpha value is -2.45. The van der Waals surface area contributed by atoms with E-state index < -0.39 is 18.4 Å². The summed E-state index contributed by atoms with van der Waals surface area (Å²) < 4.78 is 5.41. The fourth-order valence-corrected chi connectivity index (χ4v) is 3.47. The average Bonchev–Trinajstić information content (AvgIpc) is 2.81. The van der Waals surface area contributed by atoms with Crippen molar-refractivity contribution in [2.45, 2.75) is 0 Å². The highest BCUT2D eigenvalue weighted by molar-refractivity contribution is 8.26. The molecule has 0 unspecified atom stereocenters. The molecule has 1 saturated heterocycles. The molecule has 1 amide bonds. The number of methoxy groups -OCH3 is 1. The van der Waals surface area contributed by atoms with Gasteiger partial charge < -0.3 is 9.84 Å². The molecule has 8 heteroatoms. The van der Waals surface area contributed by atoms with Gasteiger partial charge in [0.15, 0.2) is 0 Å². The lowest BCUT2D eigenvalue weighted by Gasteiger charge is -2.10. The SMILES string of the molecule is COc1ccc2nc(C=C3SC(=S)N(CC(=O)O)C3=O)ccc2c1. The van der Waals surface area contributed by atoms with E-state index in [1.807, 2.05) is 24.3 Å². The van der Waals surface area contributed by atoms with Crippen molar-refractivity contribution < 1.29 is 19.4 Å². The van der Waals surface area contributed by atoms with E-state index in [1.54, 1.807) is 19.3 Å². The first-order valence-corrected chi connectivity index (χ1v) is 8.12. The molecule has 1 aromatic heterocycles. The first kappa shape index (κ1) is 16.4. The predicted molar refractivity (Wildman–Crippen MR) is 95.8 cm³/mol. The summed E-state index contributed by atoms with van der Waals surface area (Å²) in [5.74, 6) is -0.777. The first-order valence-electron chi connectivity index (χ1n) is 6.90. The Morgan fingerprint density at radius 1 is 1.42 bits per heavy atom. The Morgan fingerprint density at radius 3 is 2.92 bits per heavy atom. The number of carbonyl (C=O) groups is 2. The highest BCUT2D eigenvalue weighted by Crippen LogP contribution is 2.32. The Balaban J connectivity index is 1.91. The number of thiocarbonyl (C=S) groups is 1. The van der Waals surface area contributed by atoms with Crippen molar-refractivity contribution in [3.63, 3.8) is 0 Å². The van der Waals surface area contributed by atoms with Crippen LogP contribution in [0.1, 0.15) is 5.69 Å². The summed E-state index contributed by atoms with van der Waals surface area (Å²) in [4.78, 5) is 29.0. The number of thioether (sulfide) groups is 1. The van der Waals surface area contributed by atoms with Gasteiger partial charge in [0, 0.05) is 5.39 Å². The van der Waals surface area contributed by atoms with Crippen LogP contribution < -0.4 is 4.74 Å². The van der Waals surface area contributed by atoms with Crippen LogP contribution in [0.25, 0.3) is 17.0 Å². The molecule has 1 aliphatic rings. The number of carboxylic acid groups (broad SMARTS) is 1. The molecular weight excluding hydrogens is 348 g/mol. The van der Waals surface area contributed by atoms with E-state index in [1.165, 1.54) is 0 Å². The number of hydrogen-bond acceptors (Lipinski definition) is 6. The van der Waals surface area contributed by atoms with Crippen molar-refractivity contribution >= 4 is 57.2 Å². The predicted octanol–water partition coefficient (Wildman–Crippen LogP) is 2.53. The second-order valence-electron chi connectivity index (χ2n) is 4.96. The zero-order valence-electron chi connectivity index (χ0n) is 12.6. The van der Waals surface area contributed by atoms with Crippen molar-refractivity contribution in [2.24, 2.45) is 0 Å². The number of ether oxygens (including phenoxy) is 1. The number of amides is 1. The number of fused-ring (bicyclic) bond motifs is 1. The van der Waals surface area contributed by atoms with E-state index in [-0.39, 0.29) is 4.32 Å². The zero-order valence-corrected chi connectivity index (χ0v) is 14.2. The van der Waals surface area contributed by atoms with Crippen molar-refractivity contribution in [3.05, 3.63) is 40.9 Å². The number of aromatic nitrogens is 1. The number of carbonyl (C=O) groups excluding carboxylic acids is 1. The minimum Gasteiger partial charge on any atom is -0.497 e. The first-order chi connectivity index (χ1) is 11.5. The number of carboxylic acids is 1. The van der Waals surface area contributed by atoms with Crippen molar-refractivity contribution in [3.8, 4) is 5.75 Å². The van der Waals surface area contributed by atoms with Gasteiger partial charge >= 0.3 is 5.97 Å². The smallest absolute Gasteiger partial charge is 0.323 e. The van der Waals surface area contributed by atoms with Crippen molar-refractivity contribution in [1.82, 2.24) is 9.88 Å². The lowest BCUT2D eigenvalue weighted by molar-refractivity contribution is -0.140. The lowest BCUT2D eigenvalue weighted by atomic mass is 10.2. The van der Waals surface area contributed by atoms with Crippen LogP contribution in [-0.2, 0) is 9.59 Å². The Kier molecular flexibility index (Phi) is 4.50. The maximum absolute atomic E-state index is 12.2. The van der Waals surface area contributed by atoms with E-state index in [9.17, 15) is 9.59 Å². The number of hydrogen-bond donors (Lipinski definition) is 1.